The molecule has 4 nitrogen and oxygen atoms in total. The van der Waals surface area contributed by atoms with Crippen LogP contribution < -0.4 is 0 Å². The van der Waals surface area contributed by atoms with Crippen LogP contribution in [0, 0.1) is 5.82 Å². The zero-order valence-corrected chi connectivity index (χ0v) is 15.1. The van der Waals surface area contributed by atoms with Gasteiger partial charge in [0.2, 0.25) is 0 Å². The number of ether oxygens (including phenoxy) is 1. The fourth-order valence-corrected chi connectivity index (χ4v) is 4.99. The molecule has 1 fully saturated rings. The van der Waals surface area contributed by atoms with Crippen LogP contribution in [0.1, 0.15) is 24.5 Å². The molecule has 0 aliphatic carbocycles. The largest absolute Gasteiger partial charge is 0.508 e. The van der Waals surface area contributed by atoms with Gasteiger partial charge >= 0.3 is 0 Å². The van der Waals surface area contributed by atoms with Crippen molar-refractivity contribution in [3.63, 3.8) is 0 Å². The molecule has 1 saturated heterocycles. The summed E-state index contributed by atoms with van der Waals surface area (Å²) in [4.78, 5) is 0.0735. The molecule has 128 valence electrons. The SMILES string of the molecule is O=S(=O)(c1cccc(O)c1)C1CCOC(c2ccc(Br)cc2F)C1. The van der Waals surface area contributed by atoms with Gasteiger partial charge in [-0.05, 0) is 43.2 Å². The Hall–Kier alpha value is -1.44. The fraction of sp³-hybridized carbons (Fsp3) is 0.294. The number of sulfone groups is 1. The standard InChI is InChI=1S/C17H16BrFO4S/c18-11-4-5-15(16(19)8-11)17-10-14(6-7-23-17)24(21,22)13-3-1-2-12(20)9-13/h1-5,8-9,14,17,20H,6-7,10H2. The summed E-state index contributed by atoms with van der Waals surface area (Å²) in [7, 11) is -3.62. The van der Waals surface area contributed by atoms with Crippen LogP contribution in [-0.2, 0) is 14.6 Å². The van der Waals surface area contributed by atoms with Crippen LogP contribution in [0.15, 0.2) is 51.8 Å². The zero-order chi connectivity index (χ0) is 17.3. The maximum atomic E-state index is 14.1. The van der Waals surface area contributed by atoms with Gasteiger partial charge in [0, 0.05) is 16.6 Å². The van der Waals surface area contributed by atoms with E-state index < -0.39 is 27.0 Å². The Balaban J connectivity index is 1.88. The number of halogens is 2. The molecular formula is C17H16BrFO4S. The molecule has 3 rings (SSSR count). The highest BCUT2D eigenvalue weighted by molar-refractivity contribution is 9.10. The number of hydrogen-bond donors (Lipinski definition) is 1. The van der Waals surface area contributed by atoms with E-state index in [-0.39, 0.29) is 23.7 Å². The van der Waals surface area contributed by atoms with Crippen molar-refractivity contribution in [2.24, 2.45) is 0 Å². The summed E-state index contributed by atoms with van der Waals surface area (Å²) in [6, 6.07) is 10.3. The second kappa shape index (κ2) is 6.82. The summed E-state index contributed by atoms with van der Waals surface area (Å²) in [5.74, 6) is -0.525. The minimum atomic E-state index is -3.62. The third-order valence-electron chi connectivity index (χ3n) is 4.13. The molecule has 1 aliphatic rings. The highest BCUT2D eigenvalue weighted by atomic mass is 79.9. The van der Waals surface area contributed by atoms with E-state index >= 15 is 0 Å². The number of aromatic hydroxyl groups is 1. The molecule has 1 heterocycles. The van der Waals surface area contributed by atoms with Gasteiger partial charge in [0.05, 0.1) is 16.2 Å². The van der Waals surface area contributed by atoms with Crippen molar-refractivity contribution in [2.45, 2.75) is 29.1 Å². The Morgan fingerprint density at radius 1 is 1.21 bits per heavy atom. The molecule has 0 radical (unpaired) electrons. The molecule has 0 saturated carbocycles. The quantitative estimate of drug-likeness (QED) is 0.824. The van der Waals surface area contributed by atoms with Crippen molar-refractivity contribution in [3.8, 4) is 5.75 Å². The van der Waals surface area contributed by atoms with E-state index in [1.807, 2.05) is 0 Å². The maximum Gasteiger partial charge on any atom is 0.181 e. The lowest BCUT2D eigenvalue weighted by Gasteiger charge is -2.30. The summed E-state index contributed by atoms with van der Waals surface area (Å²) < 4.78 is 45.9. The van der Waals surface area contributed by atoms with E-state index in [1.54, 1.807) is 12.1 Å². The first kappa shape index (κ1) is 17.4. The van der Waals surface area contributed by atoms with Crippen molar-refractivity contribution >= 4 is 25.8 Å². The molecule has 2 unspecified atom stereocenters. The predicted octanol–water partition coefficient (Wildman–Crippen LogP) is 3.99. The molecule has 0 bridgehead atoms. The Labute approximate surface area is 148 Å². The van der Waals surface area contributed by atoms with Gasteiger partial charge in [-0.25, -0.2) is 12.8 Å². The Kier molecular flexibility index (Phi) is 4.94. The van der Waals surface area contributed by atoms with Crippen molar-refractivity contribution in [2.75, 3.05) is 6.61 Å². The lowest BCUT2D eigenvalue weighted by molar-refractivity contribution is 0.0145. The molecule has 2 aromatic rings. The minimum Gasteiger partial charge on any atom is -0.508 e. The summed E-state index contributed by atoms with van der Waals surface area (Å²) >= 11 is 3.20. The van der Waals surface area contributed by atoms with Crippen LogP contribution in [0.2, 0.25) is 0 Å². The van der Waals surface area contributed by atoms with E-state index in [0.717, 1.165) is 0 Å². The van der Waals surface area contributed by atoms with Gasteiger partial charge in [-0.15, -0.1) is 0 Å². The molecule has 2 aromatic carbocycles. The number of benzene rings is 2. The molecule has 0 spiro atoms. The Bertz CT molecular complexity index is 853. The summed E-state index contributed by atoms with van der Waals surface area (Å²) in [5.41, 5.74) is 0.356. The van der Waals surface area contributed by atoms with Gasteiger partial charge in [-0.2, -0.15) is 0 Å². The van der Waals surface area contributed by atoms with Crippen LogP contribution >= 0.6 is 15.9 Å². The van der Waals surface area contributed by atoms with Gasteiger partial charge in [0.15, 0.2) is 9.84 Å². The predicted molar refractivity (Wildman–Crippen MR) is 91.1 cm³/mol. The van der Waals surface area contributed by atoms with Crippen LogP contribution in [-0.4, -0.2) is 25.4 Å². The summed E-state index contributed by atoms with van der Waals surface area (Å²) in [6.45, 7) is 0.239. The van der Waals surface area contributed by atoms with E-state index in [9.17, 15) is 17.9 Å². The molecule has 1 aliphatic heterocycles. The Morgan fingerprint density at radius 2 is 2.00 bits per heavy atom. The topological polar surface area (TPSA) is 63.6 Å². The normalized spacial score (nSPS) is 21.6. The van der Waals surface area contributed by atoms with Crippen LogP contribution in [0.5, 0.6) is 5.75 Å². The number of hydrogen-bond acceptors (Lipinski definition) is 4. The first-order valence-corrected chi connectivity index (χ1v) is 9.81. The van der Waals surface area contributed by atoms with Crippen molar-refractivity contribution in [1.29, 1.82) is 0 Å². The molecule has 2 atom stereocenters. The third kappa shape index (κ3) is 3.48. The minimum absolute atomic E-state index is 0.0735. The summed E-state index contributed by atoms with van der Waals surface area (Å²) in [6.07, 6.45) is -0.0904. The van der Waals surface area contributed by atoms with E-state index in [2.05, 4.69) is 15.9 Å². The zero-order valence-electron chi connectivity index (χ0n) is 12.7. The number of phenols is 1. The average molecular weight is 415 g/mol. The summed E-state index contributed by atoms with van der Waals surface area (Å²) in [5, 5.41) is 8.84. The van der Waals surface area contributed by atoms with E-state index in [1.165, 1.54) is 30.3 Å². The van der Waals surface area contributed by atoms with Crippen LogP contribution in [0.4, 0.5) is 4.39 Å². The molecule has 0 aromatic heterocycles. The molecular weight excluding hydrogens is 399 g/mol. The fourth-order valence-electron chi connectivity index (χ4n) is 2.88. The third-order valence-corrected chi connectivity index (χ3v) is 6.84. The number of phenolic OH excluding ortho intramolecular Hbond substituents is 1. The maximum absolute atomic E-state index is 14.1. The van der Waals surface area contributed by atoms with Gasteiger partial charge in [-0.1, -0.05) is 28.1 Å². The first-order valence-electron chi connectivity index (χ1n) is 7.47. The van der Waals surface area contributed by atoms with E-state index in [0.29, 0.717) is 16.5 Å². The molecule has 24 heavy (non-hydrogen) atoms. The van der Waals surface area contributed by atoms with Gasteiger partial charge in [0.1, 0.15) is 11.6 Å². The smallest absolute Gasteiger partial charge is 0.181 e. The first-order chi connectivity index (χ1) is 11.4. The van der Waals surface area contributed by atoms with E-state index in [4.69, 9.17) is 4.74 Å². The van der Waals surface area contributed by atoms with Crippen molar-refractivity contribution in [1.82, 2.24) is 0 Å². The van der Waals surface area contributed by atoms with Gasteiger partial charge in [0.25, 0.3) is 0 Å². The highest BCUT2D eigenvalue weighted by Gasteiger charge is 2.35. The van der Waals surface area contributed by atoms with Crippen LogP contribution in [0.3, 0.4) is 0 Å². The average Bonchev–Trinajstić information content (AvgIpc) is 2.55. The second-order valence-electron chi connectivity index (χ2n) is 5.71. The van der Waals surface area contributed by atoms with Crippen LogP contribution in [0.25, 0.3) is 0 Å². The molecule has 7 heteroatoms. The lowest BCUT2D eigenvalue weighted by atomic mass is 10.0. The lowest BCUT2D eigenvalue weighted by Crippen LogP contribution is -2.31. The highest BCUT2D eigenvalue weighted by Crippen LogP contribution is 2.36. The second-order valence-corrected chi connectivity index (χ2v) is 8.86. The number of rotatable bonds is 3. The molecule has 1 N–H and O–H groups in total. The van der Waals surface area contributed by atoms with Crippen molar-refractivity contribution in [3.05, 3.63) is 58.3 Å². The monoisotopic (exact) mass is 414 g/mol. The molecule has 0 amide bonds. The van der Waals surface area contributed by atoms with Gasteiger partial charge < -0.3 is 9.84 Å². The Morgan fingerprint density at radius 3 is 2.71 bits per heavy atom. The van der Waals surface area contributed by atoms with Gasteiger partial charge in [-0.3, -0.25) is 0 Å². The van der Waals surface area contributed by atoms with Crippen molar-refractivity contribution < 1.29 is 22.7 Å².